The normalized spacial score (nSPS) is 15.8. The van der Waals surface area contributed by atoms with Gasteiger partial charge in [-0.3, -0.25) is 9.59 Å². The second-order valence-corrected chi connectivity index (χ2v) is 7.85. The Kier molecular flexibility index (Phi) is 5.11. The molecule has 2 aromatic carbocycles. The molecule has 0 aliphatic carbocycles. The van der Waals surface area contributed by atoms with Gasteiger partial charge in [0.2, 0.25) is 5.91 Å². The maximum absolute atomic E-state index is 12.8. The molecule has 8 heteroatoms. The van der Waals surface area contributed by atoms with E-state index in [1.165, 1.54) is 11.8 Å². The SMILES string of the molecule is O=C1C[C@@H](c2cccc(O)c2)c2c(nc(SCc3ccc(Cl)cc3)[nH]c2=O)N1. The molecule has 28 heavy (non-hydrogen) atoms. The predicted molar refractivity (Wildman–Crippen MR) is 109 cm³/mol. The van der Waals surface area contributed by atoms with E-state index in [9.17, 15) is 14.7 Å². The van der Waals surface area contributed by atoms with Crippen molar-refractivity contribution in [1.82, 2.24) is 9.97 Å². The maximum atomic E-state index is 12.8. The topological polar surface area (TPSA) is 95.1 Å². The van der Waals surface area contributed by atoms with Gasteiger partial charge < -0.3 is 15.4 Å². The van der Waals surface area contributed by atoms with Gasteiger partial charge in [-0.15, -0.1) is 0 Å². The number of phenolic OH excluding ortho intramolecular Hbond substituents is 1. The minimum Gasteiger partial charge on any atom is -0.508 e. The van der Waals surface area contributed by atoms with Crippen LogP contribution in [0.2, 0.25) is 5.02 Å². The number of rotatable bonds is 4. The van der Waals surface area contributed by atoms with Crippen molar-refractivity contribution in [2.75, 3.05) is 5.32 Å². The molecule has 1 atom stereocenters. The second kappa shape index (κ2) is 7.69. The Balaban J connectivity index is 1.65. The fourth-order valence-electron chi connectivity index (χ4n) is 3.18. The van der Waals surface area contributed by atoms with Crippen molar-refractivity contribution in [1.29, 1.82) is 0 Å². The summed E-state index contributed by atoms with van der Waals surface area (Å²) in [6.45, 7) is 0. The van der Waals surface area contributed by atoms with E-state index < -0.39 is 5.92 Å². The van der Waals surface area contributed by atoms with Crippen molar-refractivity contribution in [3.63, 3.8) is 0 Å². The van der Waals surface area contributed by atoms with Gasteiger partial charge in [0.25, 0.3) is 5.56 Å². The highest BCUT2D eigenvalue weighted by molar-refractivity contribution is 7.98. The lowest BCUT2D eigenvalue weighted by atomic mass is 9.87. The van der Waals surface area contributed by atoms with E-state index in [4.69, 9.17) is 11.6 Å². The lowest BCUT2D eigenvalue weighted by Crippen LogP contribution is -2.31. The Hall–Kier alpha value is -2.77. The van der Waals surface area contributed by atoms with E-state index in [1.807, 2.05) is 12.1 Å². The van der Waals surface area contributed by atoms with Crippen LogP contribution in [0.15, 0.2) is 58.5 Å². The molecule has 1 aliphatic heterocycles. The van der Waals surface area contributed by atoms with Crippen LogP contribution in [0, 0.1) is 0 Å². The molecule has 6 nitrogen and oxygen atoms in total. The summed E-state index contributed by atoms with van der Waals surface area (Å²) in [5.41, 5.74) is 1.85. The average Bonchev–Trinajstić information content (AvgIpc) is 2.66. The Morgan fingerprint density at radius 1 is 1.18 bits per heavy atom. The fourth-order valence-corrected chi connectivity index (χ4v) is 4.12. The monoisotopic (exact) mass is 413 g/mol. The minimum atomic E-state index is -0.456. The first kappa shape index (κ1) is 18.6. The number of aromatic hydroxyl groups is 1. The second-order valence-electron chi connectivity index (χ2n) is 6.45. The number of H-pyrrole nitrogens is 1. The number of aromatic nitrogens is 2. The molecule has 2 heterocycles. The van der Waals surface area contributed by atoms with E-state index in [2.05, 4.69) is 15.3 Å². The van der Waals surface area contributed by atoms with Crippen LogP contribution in [0.1, 0.15) is 29.0 Å². The number of benzene rings is 2. The van der Waals surface area contributed by atoms with E-state index in [1.54, 1.807) is 36.4 Å². The number of carbonyl (C=O) groups excluding carboxylic acids is 1. The molecule has 3 N–H and O–H groups in total. The number of hydrogen-bond donors (Lipinski definition) is 3. The van der Waals surface area contributed by atoms with Crippen LogP contribution in [-0.4, -0.2) is 21.0 Å². The first-order chi connectivity index (χ1) is 13.5. The van der Waals surface area contributed by atoms with Crippen molar-refractivity contribution in [3.8, 4) is 5.75 Å². The highest BCUT2D eigenvalue weighted by Gasteiger charge is 2.31. The summed E-state index contributed by atoms with van der Waals surface area (Å²) in [6.07, 6.45) is 0.123. The molecule has 0 spiro atoms. The first-order valence-corrected chi connectivity index (χ1v) is 9.96. The number of halogens is 1. The van der Waals surface area contributed by atoms with Gasteiger partial charge in [0, 0.05) is 23.1 Å². The molecule has 1 aliphatic rings. The zero-order chi connectivity index (χ0) is 19.7. The van der Waals surface area contributed by atoms with Crippen molar-refractivity contribution in [3.05, 3.63) is 80.6 Å². The van der Waals surface area contributed by atoms with Crippen molar-refractivity contribution < 1.29 is 9.90 Å². The van der Waals surface area contributed by atoms with Gasteiger partial charge >= 0.3 is 0 Å². The van der Waals surface area contributed by atoms with Crippen LogP contribution >= 0.6 is 23.4 Å². The summed E-state index contributed by atoms with van der Waals surface area (Å²) < 4.78 is 0. The predicted octanol–water partition coefficient (Wildman–Crippen LogP) is 3.90. The summed E-state index contributed by atoms with van der Waals surface area (Å²) in [6, 6.07) is 14.0. The lowest BCUT2D eigenvalue weighted by Gasteiger charge is -2.24. The highest BCUT2D eigenvalue weighted by atomic mass is 35.5. The molecular formula is C20H16ClN3O3S. The van der Waals surface area contributed by atoms with E-state index >= 15 is 0 Å². The number of fused-ring (bicyclic) bond motifs is 1. The molecular weight excluding hydrogens is 398 g/mol. The number of nitrogens with zero attached hydrogens (tertiary/aromatic N) is 1. The average molecular weight is 414 g/mol. The van der Waals surface area contributed by atoms with Gasteiger partial charge in [0.05, 0.1) is 5.56 Å². The van der Waals surface area contributed by atoms with Crippen LogP contribution in [0.4, 0.5) is 5.82 Å². The maximum Gasteiger partial charge on any atom is 0.257 e. The van der Waals surface area contributed by atoms with Gasteiger partial charge in [-0.2, -0.15) is 0 Å². The molecule has 0 unspecified atom stereocenters. The van der Waals surface area contributed by atoms with Crippen LogP contribution in [0.3, 0.4) is 0 Å². The lowest BCUT2D eigenvalue weighted by molar-refractivity contribution is -0.116. The third kappa shape index (κ3) is 3.90. The number of aromatic amines is 1. The Labute approximate surface area is 170 Å². The standard InChI is InChI=1S/C20H16ClN3O3S/c21-13-6-4-11(5-7-13)10-28-20-23-18-17(19(27)24-20)15(9-16(26)22-18)12-2-1-3-14(25)8-12/h1-8,15,25H,9-10H2,(H2,22,23,24,26,27)/t15-/m0/s1. The first-order valence-electron chi connectivity index (χ1n) is 8.60. The van der Waals surface area contributed by atoms with Crippen LogP contribution in [-0.2, 0) is 10.5 Å². The quantitative estimate of drug-likeness (QED) is 0.445. The summed E-state index contributed by atoms with van der Waals surface area (Å²) in [5, 5.41) is 13.5. The fraction of sp³-hybridized carbons (Fsp3) is 0.150. The molecule has 142 valence electrons. The summed E-state index contributed by atoms with van der Waals surface area (Å²) in [5.74, 6) is 0.287. The minimum absolute atomic E-state index is 0.0876. The zero-order valence-corrected chi connectivity index (χ0v) is 16.2. The third-order valence-corrected chi connectivity index (χ3v) is 5.69. The Morgan fingerprint density at radius 2 is 1.96 bits per heavy atom. The molecule has 4 rings (SSSR count). The summed E-state index contributed by atoms with van der Waals surface area (Å²) in [7, 11) is 0. The highest BCUT2D eigenvalue weighted by Crippen LogP contribution is 2.35. The van der Waals surface area contributed by atoms with Crippen molar-refractivity contribution in [2.45, 2.75) is 23.2 Å². The number of thioether (sulfide) groups is 1. The Bertz CT molecular complexity index is 1100. The number of phenols is 1. The van der Waals surface area contributed by atoms with Crippen LogP contribution in [0.5, 0.6) is 5.75 Å². The molecule has 1 amide bonds. The van der Waals surface area contributed by atoms with Crippen molar-refractivity contribution in [2.24, 2.45) is 0 Å². The molecule has 3 aromatic rings. The van der Waals surface area contributed by atoms with Gasteiger partial charge in [0.15, 0.2) is 5.16 Å². The van der Waals surface area contributed by atoms with Gasteiger partial charge in [0.1, 0.15) is 11.6 Å². The Morgan fingerprint density at radius 3 is 2.71 bits per heavy atom. The van der Waals surface area contributed by atoms with Crippen LogP contribution in [0.25, 0.3) is 0 Å². The summed E-state index contributed by atoms with van der Waals surface area (Å²) >= 11 is 7.26. The molecule has 0 saturated carbocycles. The largest absolute Gasteiger partial charge is 0.508 e. The summed E-state index contributed by atoms with van der Waals surface area (Å²) in [4.78, 5) is 32.2. The number of carbonyl (C=O) groups is 1. The smallest absolute Gasteiger partial charge is 0.257 e. The van der Waals surface area contributed by atoms with Crippen molar-refractivity contribution >= 4 is 35.1 Å². The molecule has 0 radical (unpaired) electrons. The van der Waals surface area contributed by atoms with E-state index in [-0.39, 0.29) is 29.5 Å². The number of hydrogen-bond acceptors (Lipinski definition) is 5. The molecule has 1 aromatic heterocycles. The number of anilines is 1. The molecule has 0 fully saturated rings. The van der Waals surface area contributed by atoms with Gasteiger partial charge in [-0.05, 0) is 35.4 Å². The van der Waals surface area contributed by atoms with Gasteiger partial charge in [-0.25, -0.2) is 4.98 Å². The number of nitrogens with one attached hydrogen (secondary N) is 2. The van der Waals surface area contributed by atoms with Gasteiger partial charge in [-0.1, -0.05) is 47.6 Å². The molecule has 0 bridgehead atoms. The van der Waals surface area contributed by atoms with Crippen LogP contribution < -0.4 is 10.9 Å². The number of amides is 1. The van der Waals surface area contributed by atoms with E-state index in [0.29, 0.717) is 27.1 Å². The van der Waals surface area contributed by atoms with E-state index in [0.717, 1.165) is 5.56 Å². The molecule has 0 saturated heterocycles. The zero-order valence-electron chi connectivity index (χ0n) is 14.6. The third-order valence-electron chi connectivity index (χ3n) is 4.49.